The molecular weight excluding hydrogens is 300 g/mol. The van der Waals surface area contributed by atoms with Gasteiger partial charge in [0.15, 0.2) is 5.16 Å². The standard InChI is InChI=1S/C15H16N4O2S/c1-11-9-13(19-5-7-21-8-6-19)18-15(17-11)22-14(20)12-3-2-4-16-10-12/h2-4,9-10H,5-8H2,1H3. The number of ether oxygens (including phenoxy) is 1. The molecule has 0 aliphatic carbocycles. The maximum atomic E-state index is 12.2. The largest absolute Gasteiger partial charge is 0.378 e. The molecular formula is C15H16N4O2S. The average molecular weight is 316 g/mol. The zero-order chi connectivity index (χ0) is 15.4. The number of nitrogens with zero attached hydrogens (tertiary/aromatic N) is 4. The molecule has 0 radical (unpaired) electrons. The van der Waals surface area contributed by atoms with E-state index in [0.717, 1.165) is 36.4 Å². The molecule has 7 heteroatoms. The third-order valence-corrected chi connectivity index (χ3v) is 4.02. The van der Waals surface area contributed by atoms with Gasteiger partial charge in [-0.15, -0.1) is 0 Å². The molecule has 0 unspecified atom stereocenters. The van der Waals surface area contributed by atoms with Gasteiger partial charge in [0.2, 0.25) is 5.12 Å². The predicted octanol–water partition coefficient (Wildman–Crippen LogP) is 1.95. The lowest BCUT2D eigenvalue weighted by Gasteiger charge is -2.28. The van der Waals surface area contributed by atoms with Crippen LogP contribution < -0.4 is 4.90 Å². The van der Waals surface area contributed by atoms with Gasteiger partial charge in [0, 0.05) is 42.8 Å². The number of carbonyl (C=O) groups excluding carboxylic acids is 1. The third-order valence-electron chi connectivity index (χ3n) is 3.24. The van der Waals surface area contributed by atoms with Crippen molar-refractivity contribution in [2.24, 2.45) is 0 Å². The fraction of sp³-hybridized carbons (Fsp3) is 0.333. The first kappa shape index (κ1) is 14.9. The molecule has 3 rings (SSSR count). The molecule has 2 aromatic rings. The molecule has 2 aromatic heterocycles. The number of aromatic nitrogens is 3. The van der Waals surface area contributed by atoms with Crippen molar-refractivity contribution in [3.63, 3.8) is 0 Å². The van der Waals surface area contributed by atoms with Gasteiger partial charge >= 0.3 is 0 Å². The Morgan fingerprint density at radius 1 is 1.32 bits per heavy atom. The number of anilines is 1. The Labute approximate surface area is 132 Å². The molecule has 1 aliphatic rings. The molecule has 0 atom stereocenters. The highest BCUT2D eigenvalue weighted by Crippen LogP contribution is 2.23. The number of thioether (sulfide) groups is 1. The van der Waals surface area contributed by atoms with Crippen LogP contribution in [-0.2, 0) is 4.74 Å². The summed E-state index contributed by atoms with van der Waals surface area (Å²) < 4.78 is 5.35. The molecule has 1 aliphatic heterocycles. The second-order valence-corrected chi connectivity index (χ2v) is 5.82. The van der Waals surface area contributed by atoms with Gasteiger partial charge in [-0.2, -0.15) is 0 Å². The lowest BCUT2D eigenvalue weighted by Crippen LogP contribution is -2.36. The quantitative estimate of drug-likeness (QED) is 0.633. The summed E-state index contributed by atoms with van der Waals surface area (Å²) in [5, 5.41) is 0.363. The molecule has 0 N–H and O–H groups in total. The summed E-state index contributed by atoms with van der Waals surface area (Å²) in [5.41, 5.74) is 1.39. The van der Waals surface area contributed by atoms with Crippen molar-refractivity contribution in [2.75, 3.05) is 31.2 Å². The Morgan fingerprint density at radius 3 is 2.86 bits per heavy atom. The van der Waals surface area contributed by atoms with E-state index in [-0.39, 0.29) is 5.12 Å². The van der Waals surface area contributed by atoms with Crippen LogP contribution in [0, 0.1) is 6.92 Å². The van der Waals surface area contributed by atoms with Gasteiger partial charge in [-0.1, -0.05) is 0 Å². The van der Waals surface area contributed by atoms with Crippen molar-refractivity contribution in [3.8, 4) is 0 Å². The summed E-state index contributed by atoms with van der Waals surface area (Å²) in [4.78, 5) is 27.2. The van der Waals surface area contributed by atoms with Crippen LogP contribution >= 0.6 is 11.8 Å². The van der Waals surface area contributed by atoms with Crippen molar-refractivity contribution in [1.29, 1.82) is 0 Å². The van der Waals surface area contributed by atoms with E-state index in [1.807, 2.05) is 13.0 Å². The molecule has 0 amide bonds. The van der Waals surface area contributed by atoms with Crippen LogP contribution in [0.1, 0.15) is 16.1 Å². The van der Waals surface area contributed by atoms with Crippen molar-refractivity contribution >= 4 is 22.7 Å². The summed E-state index contributed by atoms with van der Waals surface area (Å²) in [7, 11) is 0. The van der Waals surface area contributed by atoms with Gasteiger partial charge in [-0.05, 0) is 30.8 Å². The molecule has 22 heavy (non-hydrogen) atoms. The second-order valence-electron chi connectivity index (χ2n) is 4.88. The fourth-order valence-electron chi connectivity index (χ4n) is 2.15. The summed E-state index contributed by atoms with van der Waals surface area (Å²) in [6.45, 7) is 4.90. The van der Waals surface area contributed by atoms with Crippen molar-refractivity contribution in [3.05, 3.63) is 41.9 Å². The van der Waals surface area contributed by atoms with Crippen LogP contribution in [0.5, 0.6) is 0 Å². The van der Waals surface area contributed by atoms with Gasteiger partial charge in [0.05, 0.1) is 13.2 Å². The molecule has 1 fully saturated rings. The number of morpholine rings is 1. The first-order chi connectivity index (χ1) is 10.7. The summed E-state index contributed by atoms with van der Waals surface area (Å²) in [5.74, 6) is 0.845. The molecule has 3 heterocycles. The Morgan fingerprint density at radius 2 is 2.14 bits per heavy atom. The fourth-order valence-corrected chi connectivity index (χ4v) is 2.88. The molecule has 1 saturated heterocycles. The van der Waals surface area contributed by atoms with E-state index in [1.54, 1.807) is 24.5 Å². The van der Waals surface area contributed by atoms with Gasteiger partial charge in [-0.25, -0.2) is 9.97 Å². The van der Waals surface area contributed by atoms with E-state index in [9.17, 15) is 4.79 Å². The van der Waals surface area contributed by atoms with Crippen LogP contribution in [0.3, 0.4) is 0 Å². The SMILES string of the molecule is Cc1cc(N2CCOCC2)nc(SC(=O)c2cccnc2)n1. The van der Waals surface area contributed by atoms with E-state index in [4.69, 9.17) is 4.74 Å². The first-order valence-electron chi connectivity index (χ1n) is 7.03. The normalized spacial score (nSPS) is 14.9. The summed E-state index contributed by atoms with van der Waals surface area (Å²) in [6.07, 6.45) is 3.19. The van der Waals surface area contributed by atoms with Crippen molar-refractivity contribution < 1.29 is 9.53 Å². The molecule has 0 aromatic carbocycles. The van der Waals surface area contributed by atoms with Gasteiger partial charge < -0.3 is 9.64 Å². The van der Waals surface area contributed by atoms with Crippen LogP contribution in [0.25, 0.3) is 0 Å². The van der Waals surface area contributed by atoms with Crippen LogP contribution in [0.2, 0.25) is 0 Å². The topological polar surface area (TPSA) is 68.2 Å². The van der Waals surface area contributed by atoms with E-state index in [2.05, 4.69) is 19.9 Å². The average Bonchev–Trinajstić information content (AvgIpc) is 2.56. The lowest BCUT2D eigenvalue weighted by atomic mass is 10.3. The monoisotopic (exact) mass is 316 g/mol. The van der Waals surface area contributed by atoms with E-state index < -0.39 is 0 Å². The summed E-state index contributed by atoms with van der Waals surface area (Å²) in [6, 6.07) is 5.41. The Kier molecular flexibility index (Phi) is 4.65. The van der Waals surface area contributed by atoms with Gasteiger partial charge in [-0.3, -0.25) is 9.78 Å². The molecule has 0 spiro atoms. The van der Waals surface area contributed by atoms with Crippen LogP contribution in [0.15, 0.2) is 35.7 Å². The minimum Gasteiger partial charge on any atom is -0.378 e. The molecule has 0 bridgehead atoms. The number of aryl methyl sites for hydroxylation is 1. The zero-order valence-electron chi connectivity index (χ0n) is 12.2. The van der Waals surface area contributed by atoms with E-state index in [1.165, 1.54) is 0 Å². The van der Waals surface area contributed by atoms with E-state index in [0.29, 0.717) is 23.9 Å². The minimum atomic E-state index is -0.105. The Hall–Kier alpha value is -1.99. The number of carbonyl (C=O) groups is 1. The maximum absolute atomic E-state index is 12.2. The zero-order valence-corrected chi connectivity index (χ0v) is 13.0. The van der Waals surface area contributed by atoms with Crippen molar-refractivity contribution in [2.45, 2.75) is 12.1 Å². The second kappa shape index (κ2) is 6.85. The lowest BCUT2D eigenvalue weighted by molar-refractivity contribution is 0.108. The Bertz CT molecular complexity index is 660. The molecule has 114 valence electrons. The Balaban J connectivity index is 1.79. The smallest absolute Gasteiger partial charge is 0.228 e. The highest BCUT2D eigenvalue weighted by molar-refractivity contribution is 8.14. The number of rotatable bonds is 3. The van der Waals surface area contributed by atoms with Crippen LogP contribution in [0.4, 0.5) is 5.82 Å². The maximum Gasteiger partial charge on any atom is 0.228 e. The van der Waals surface area contributed by atoms with E-state index >= 15 is 0 Å². The molecule has 0 saturated carbocycles. The first-order valence-corrected chi connectivity index (χ1v) is 7.84. The molecule has 6 nitrogen and oxygen atoms in total. The number of pyridine rings is 1. The predicted molar refractivity (Wildman–Crippen MR) is 84.2 cm³/mol. The third kappa shape index (κ3) is 3.61. The van der Waals surface area contributed by atoms with Crippen LogP contribution in [-0.4, -0.2) is 46.4 Å². The van der Waals surface area contributed by atoms with Crippen molar-refractivity contribution in [1.82, 2.24) is 15.0 Å². The van der Waals surface area contributed by atoms with Gasteiger partial charge in [0.1, 0.15) is 5.82 Å². The summed E-state index contributed by atoms with van der Waals surface area (Å²) >= 11 is 1.03. The number of hydrogen-bond acceptors (Lipinski definition) is 7. The number of hydrogen-bond donors (Lipinski definition) is 0. The highest BCUT2D eigenvalue weighted by Gasteiger charge is 2.16. The highest BCUT2D eigenvalue weighted by atomic mass is 32.2. The van der Waals surface area contributed by atoms with Gasteiger partial charge in [0.25, 0.3) is 0 Å². The minimum absolute atomic E-state index is 0.105.